The predicted molar refractivity (Wildman–Crippen MR) is 67.7 cm³/mol. The standard InChI is InChI=1S/C13H15NO5/c1-8(12(9(2)15)13(16)19-3)10-4-6-11(7-5-10)14(17)18/h4-8,12H,1-3H3. The molecule has 6 nitrogen and oxygen atoms in total. The van der Waals surface area contributed by atoms with Crippen LogP contribution in [0.5, 0.6) is 0 Å². The molecular weight excluding hydrogens is 250 g/mol. The van der Waals surface area contributed by atoms with Crippen molar-refractivity contribution < 1.29 is 19.2 Å². The molecule has 0 fully saturated rings. The highest BCUT2D eigenvalue weighted by atomic mass is 16.6. The summed E-state index contributed by atoms with van der Waals surface area (Å²) in [6.45, 7) is 3.04. The molecule has 1 rings (SSSR count). The number of carbonyl (C=O) groups excluding carboxylic acids is 2. The van der Waals surface area contributed by atoms with Crippen molar-refractivity contribution in [1.29, 1.82) is 0 Å². The lowest BCUT2D eigenvalue weighted by Gasteiger charge is -2.19. The lowest BCUT2D eigenvalue weighted by Crippen LogP contribution is -2.28. The van der Waals surface area contributed by atoms with E-state index in [4.69, 9.17) is 0 Å². The monoisotopic (exact) mass is 265 g/mol. The molecule has 0 spiro atoms. The molecule has 19 heavy (non-hydrogen) atoms. The number of esters is 1. The molecule has 102 valence electrons. The highest BCUT2D eigenvalue weighted by Crippen LogP contribution is 2.27. The molecule has 6 heteroatoms. The van der Waals surface area contributed by atoms with Crippen LogP contribution in [0.1, 0.15) is 25.3 Å². The number of benzene rings is 1. The first-order chi connectivity index (χ1) is 8.88. The van der Waals surface area contributed by atoms with Crippen molar-refractivity contribution in [3.8, 4) is 0 Å². The fraction of sp³-hybridized carbons (Fsp3) is 0.385. The number of hydrogen-bond acceptors (Lipinski definition) is 5. The Morgan fingerprint density at radius 2 is 1.79 bits per heavy atom. The van der Waals surface area contributed by atoms with E-state index in [-0.39, 0.29) is 11.5 Å². The van der Waals surface area contributed by atoms with Crippen molar-refractivity contribution in [2.45, 2.75) is 19.8 Å². The number of carbonyl (C=O) groups is 2. The molecule has 1 aromatic carbocycles. The second-order valence-electron chi connectivity index (χ2n) is 4.25. The number of hydrogen-bond donors (Lipinski definition) is 0. The molecule has 0 aliphatic heterocycles. The van der Waals surface area contributed by atoms with Crippen molar-refractivity contribution >= 4 is 17.4 Å². The van der Waals surface area contributed by atoms with Crippen LogP contribution in [0.2, 0.25) is 0 Å². The van der Waals surface area contributed by atoms with Crippen molar-refractivity contribution in [3.63, 3.8) is 0 Å². The van der Waals surface area contributed by atoms with Crippen molar-refractivity contribution in [3.05, 3.63) is 39.9 Å². The lowest BCUT2D eigenvalue weighted by molar-refractivity contribution is -0.384. The summed E-state index contributed by atoms with van der Waals surface area (Å²) >= 11 is 0. The number of methoxy groups -OCH3 is 1. The molecule has 0 saturated heterocycles. The topological polar surface area (TPSA) is 86.5 Å². The summed E-state index contributed by atoms with van der Waals surface area (Å²) in [6.07, 6.45) is 0. The lowest BCUT2D eigenvalue weighted by atomic mass is 9.85. The molecule has 0 N–H and O–H groups in total. The third-order valence-electron chi connectivity index (χ3n) is 3.02. The van der Waals surface area contributed by atoms with Crippen molar-refractivity contribution in [1.82, 2.24) is 0 Å². The Labute approximate surface area is 110 Å². The summed E-state index contributed by atoms with van der Waals surface area (Å²) in [5, 5.41) is 10.6. The van der Waals surface area contributed by atoms with E-state index in [0.29, 0.717) is 5.56 Å². The molecule has 1 aromatic rings. The predicted octanol–water partition coefficient (Wildman–Crippen LogP) is 2.08. The Morgan fingerprint density at radius 3 is 2.16 bits per heavy atom. The second-order valence-corrected chi connectivity index (χ2v) is 4.25. The summed E-state index contributed by atoms with van der Waals surface area (Å²) in [7, 11) is 1.22. The average Bonchev–Trinajstić information content (AvgIpc) is 2.38. The van der Waals surface area contributed by atoms with Gasteiger partial charge in [-0.1, -0.05) is 19.1 Å². The van der Waals surface area contributed by atoms with E-state index in [2.05, 4.69) is 4.74 Å². The van der Waals surface area contributed by atoms with Crippen molar-refractivity contribution in [2.75, 3.05) is 7.11 Å². The third-order valence-corrected chi connectivity index (χ3v) is 3.02. The number of ketones is 1. The van der Waals surface area contributed by atoms with Gasteiger partial charge in [0.25, 0.3) is 5.69 Å². The number of Topliss-reactive ketones (excluding diaryl/α,β-unsaturated/α-hetero) is 1. The van der Waals surface area contributed by atoms with Gasteiger partial charge in [0.1, 0.15) is 11.7 Å². The Kier molecular flexibility index (Phi) is 4.74. The SMILES string of the molecule is COC(=O)C(C(C)=O)C(C)c1ccc([N+](=O)[O-])cc1. The fourth-order valence-electron chi connectivity index (χ4n) is 1.94. The number of ether oxygens (including phenoxy) is 1. The number of nitro benzene ring substituents is 1. The van der Waals surface area contributed by atoms with Gasteiger partial charge in [-0.25, -0.2) is 0 Å². The molecule has 0 heterocycles. The first-order valence-electron chi connectivity index (χ1n) is 5.71. The zero-order chi connectivity index (χ0) is 14.6. The van der Waals surface area contributed by atoms with Gasteiger partial charge in [-0.15, -0.1) is 0 Å². The third kappa shape index (κ3) is 3.37. The van der Waals surface area contributed by atoms with Crippen LogP contribution in [0.25, 0.3) is 0 Å². The summed E-state index contributed by atoms with van der Waals surface area (Å²) in [5.41, 5.74) is 0.643. The van der Waals surface area contributed by atoms with Crippen LogP contribution in [0.3, 0.4) is 0 Å². The molecule has 0 amide bonds. The number of nitrogens with zero attached hydrogens (tertiary/aromatic N) is 1. The van der Waals surface area contributed by atoms with Crippen LogP contribution < -0.4 is 0 Å². The molecule has 0 aliphatic rings. The van der Waals surface area contributed by atoms with Crippen LogP contribution in [-0.2, 0) is 14.3 Å². The Bertz CT molecular complexity index is 494. The summed E-state index contributed by atoms with van der Waals surface area (Å²) < 4.78 is 4.61. The minimum Gasteiger partial charge on any atom is -0.468 e. The molecule has 0 aromatic heterocycles. The van der Waals surface area contributed by atoms with E-state index < -0.39 is 22.7 Å². The zero-order valence-electron chi connectivity index (χ0n) is 11.0. The van der Waals surface area contributed by atoms with Gasteiger partial charge in [0.2, 0.25) is 0 Å². The highest BCUT2D eigenvalue weighted by Gasteiger charge is 2.31. The van der Waals surface area contributed by atoms with Gasteiger partial charge in [-0.3, -0.25) is 19.7 Å². The van der Waals surface area contributed by atoms with Gasteiger partial charge in [0.05, 0.1) is 12.0 Å². The normalized spacial score (nSPS) is 13.4. The van der Waals surface area contributed by atoms with Crippen LogP contribution >= 0.6 is 0 Å². The van der Waals surface area contributed by atoms with Gasteiger partial charge >= 0.3 is 5.97 Å². The van der Waals surface area contributed by atoms with E-state index in [1.807, 2.05) is 0 Å². The quantitative estimate of drug-likeness (QED) is 0.352. The van der Waals surface area contributed by atoms with E-state index in [0.717, 1.165) is 0 Å². The van der Waals surface area contributed by atoms with Crippen LogP contribution in [0, 0.1) is 16.0 Å². The maximum Gasteiger partial charge on any atom is 0.316 e. The largest absolute Gasteiger partial charge is 0.468 e. The number of nitro groups is 1. The van der Waals surface area contributed by atoms with Crippen molar-refractivity contribution in [2.24, 2.45) is 5.92 Å². The highest BCUT2D eigenvalue weighted by molar-refractivity contribution is 5.98. The first-order valence-corrected chi connectivity index (χ1v) is 5.71. The molecule has 0 radical (unpaired) electrons. The van der Waals surface area contributed by atoms with Gasteiger partial charge in [-0.05, 0) is 12.5 Å². The van der Waals surface area contributed by atoms with Crippen LogP contribution in [0.4, 0.5) is 5.69 Å². The van der Waals surface area contributed by atoms with Gasteiger partial charge in [-0.2, -0.15) is 0 Å². The molecule has 0 bridgehead atoms. The van der Waals surface area contributed by atoms with Crippen LogP contribution in [-0.4, -0.2) is 23.8 Å². The molecule has 2 atom stereocenters. The zero-order valence-corrected chi connectivity index (χ0v) is 11.0. The molecular formula is C13H15NO5. The fourth-order valence-corrected chi connectivity index (χ4v) is 1.94. The smallest absolute Gasteiger partial charge is 0.316 e. The number of non-ortho nitro benzene ring substituents is 1. The Balaban J connectivity index is 3.03. The van der Waals surface area contributed by atoms with E-state index in [1.54, 1.807) is 19.1 Å². The van der Waals surface area contributed by atoms with Gasteiger partial charge in [0, 0.05) is 18.1 Å². The number of rotatable bonds is 5. The summed E-state index contributed by atoms with van der Waals surface area (Å²) in [4.78, 5) is 33.2. The van der Waals surface area contributed by atoms with E-state index >= 15 is 0 Å². The molecule has 2 unspecified atom stereocenters. The average molecular weight is 265 g/mol. The Morgan fingerprint density at radius 1 is 1.26 bits per heavy atom. The van der Waals surface area contributed by atoms with E-state index in [9.17, 15) is 19.7 Å². The summed E-state index contributed by atoms with van der Waals surface area (Å²) in [6, 6.07) is 5.78. The molecule has 0 saturated carbocycles. The maximum atomic E-state index is 11.6. The van der Waals surface area contributed by atoms with Gasteiger partial charge < -0.3 is 4.74 Å². The first kappa shape index (κ1) is 14.8. The summed E-state index contributed by atoms with van der Waals surface area (Å²) in [5.74, 6) is -2.19. The van der Waals surface area contributed by atoms with E-state index in [1.165, 1.54) is 26.2 Å². The minimum absolute atomic E-state index is 0.0339. The maximum absolute atomic E-state index is 11.6. The molecule has 0 aliphatic carbocycles. The van der Waals surface area contributed by atoms with Crippen LogP contribution in [0.15, 0.2) is 24.3 Å². The van der Waals surface area contributed by atoms with Gasteiger partial charge in [0.15, 0.2) is 0 Å². The second kappa shape index (κ2) is 6.08. The Hall–Kier alpha value is -2.24. The minimum atomic E-state index is -0.897.